The Hall–Kier alpha value is -4.65. The molecule has 194 valence electrons. The largest absolute Gasteiger partial charge is 0.352 e. The fourth-order valence-corrected chi connectivity index (χ4v) is 5.01. The standard InChI is InChI=1S/C32H30N6O/c39-28(12-8-24-4-2-1-3-5-24)20-25-6-9-26(10-7-25)27-11-13-29-30(21-27)36-32(23-35-29)38-18-16-37(17-19-38)31-22-33-14-15-34-31/h1-7,9-11,13-15,21-23H,8,12,16-20H2. The number of ketones is 1. The van der Waals surface area contributed by atoms with E-state index in [1.165, 1.54) is 5.56 Å². The molecule has 3 heterocycles. The fourth-order valence-electron chi connectivity index (χ4n) is 5.01. The maximum absolute atomic E-state index is 12.5. The van der Waals surface area contributed by atoms with Gasteiger partial charge in [0.25, 0.3) is 0 Å². The van der Waals surface area contributed by atoms with E-state index in [1.54, 1.807) is 12.4 Å². The van der Waals surface area contributed by atoms with Crippen molar-refractivity contribution in [1.82, 2.24) is 19.9 Å². The van der Waals surface area contributed by atoms with E-state index in [2.05, 4.69) is 73.3 Å². The number of hydrogen-bond acceptors (Lipinski definition) is 7. The maximum atomic E-state index is 12.5. The van der Waals surface area contributed by atoms with Crippen LogP contribution in [0.5, 0.6) is 0 Å². The van der Waals surface area contributed by atoms with E-state index < -0.39 is 0 Å². The number of nitrogens with zero attached hydrogens (tertiary/aromatic N) is 6. The summed E-state index contributed by atoms with van der Waals surface area (Å²) in [6.07, 6.45) is 8.91. The van der Waals surface area contributed by atoms with Crippen LogP contribution in [0.25, 0.3) is 22.2 Å². The second kappa shape index (κ2) is 11.4. The number of fused-ring (bicyclic) bond motifs is 1. The SMILES string of the molecule is O=C(CCc1ccccc1)Cc1ccc(-c2ccc3ncc(N4CCN(c5cnccn5)CC4)nc3c2)cc1. The van der Waals surface area contributed by atoms with Gasteiger partial charge >= 0.3 is 0 Å². The van der Waals surface area contributed by atoms with Crippen molar-refractivity contribution in [3.63, 3.8) is 0 Å². The first-order valence-corrected chi connectivity index (χ1v) is 13.4. The Morgan fingerprint density at radius 3 is 2.18 bits per heavy atom. The summed E-state index contributed by atoms with van der Waals surface area (Å²) in [5, 5.41) is 0. The van der Waals surface area contributed by atoms with Crippen LogP contribution < -0.4 is 9.80 Å². The molecule has 2 aromatic heterocycles. The molecule has 1 aliphatic heterocycles. The van der Waals surface area contributed by atoms with Crippen LogP contribution in [0.4, 0.5) is 11.6 Å². The Morgan fingerprint density at radius 2 is 1.44 bits per heavy atom. The Balaban J connectivity index is 1.10. The molecule has 0 amide bonds. The van der Waals surface area contributed by atoms with Crippen molar-refractivity contribution < 1.29 is 4.79 Å². The van der Waals surface area contributed by atoms with Crippen molar-refractivity contribution in [1.29, 1.82) is 0 Å². The highest BCUT2D eigenvalue weighted by molar-refractivity contribution is 5.83. The van der Waals surface area contributed by atoms with Crippen LogP contribution in [0.15, 0.2) is 97.6 Å². The van der Waals surface area contributed by atoms with E-state index in [1.807, 2.05) is 36.7 Å². The van der Waals surface area contributed by atoms with Crippen LogP contribution in [0, 0.1) is 0 Å². The minimum Gasteiger partial charge on any atom is -0.352 e. The zero-order chi connectivity index (χ0) is 26.4. The van der Waals surface area contributed by atoms with Gasteiger partial charge in [-0.2, -0.15) is 0 Å². The lowest BCUT2D eigenvalue weighted by Crippen LogP contribution is -2.47. The molecule has 0 unspecified atom stereocenters. The molecule has 3 aromatic carbocycles. The summed E-state index contributed by atoms with van der Waals surface area (Å²) in [4.78, 5) is 35.3. The van der Waals surface area contributed by atoms with Crippen molar-refractivity contribution >= 4 is 28.5 Å². The summed E-state index contributed by atoms with van der Waals surface area (Å²) in [5.74, 6) is 2.06. The predicted octanol–water partition coefficient (Wildman–Crippen LogP) is 5.16. The third kappa shape index (κ3) is 5.93. The normalized spacial score (nSPS) is 13.5. The Labute approximate surface area is 228 Å². The maximum Gasteiger partial charge on any atom is 0.147 e. The second-order valence-electron chi connectivity index (χ2n) is 9.87. The first kappa shape index (κ1) is 24.7. The van der Waals surface area contributed by atoms with Gasteiger partial charge in [0.05, 0.1) is 23.4 Å². The Kier molecular flexibility index (Phi) is 7.21. The van der Waals surface area contributed by atoms with E-state index in [4.69, 9.17) is 4.98 Å². The van der Waals surface area contributed by atoms with Crippen LogP contribution in [-0.2, 0) is 17.6 Å². The molecule has 7 nitrogen and oxygen atoms in total. The van der Waals surface area contributed by atoms with E-state index >= 15 is 0 Å². The van der Waals surface area contributed by atoms with Gasteiger partial charge in [-0.3, -0.25) is 14.8 Å². The number of rotatable bonds is 8. The molecule has 39 heavy (non-hydrogen) atoms. The van der Waals surface area contributed by atoms with Gasteiger partial charge < -0.3 is 9.80 Å². The summed E-state index contributed by atoms with van der Waals surface area (Å²) >= 11 is 0. The van der Waals surface area contributed by atoms with Crippen LogP contribution in [0.2, 0.25) is 0 Å². The highest BCUT2D eigenvalue weighted by atomic mass is 16.1. The molecule has 1 fully saturated rings. The number of Topliss-reactive ketones (excluding diaryl/α,β-unsaturated/α-hetero) is 1. The lowest BCUT2D eigenvalue weighted by Gasteiger charge is -2.35. The molecule has 7 heteroatoms. The van der Waals surface area contributed by atoms with Gasteiger partial charge in [-0.25, -0.2) is 9.97 Å². The first-order valence-electron chi connectivity index (χ1n) is 13.4. The van der Waals surface area contributed by atoms with Gasteiger partial charge in [0, 0.05) is 51.4 Å². The third-order valence-corrected chi connectivity index (χ3v) is 7.23. The molecular formula is C32H30N6O. The topological polar surface area (TPSA) is 75.1 Å². The van der Waals surface area contributed by atoms with Gasteiger partial charge in [0.2, 0.25) is 0 Å². The van der Waals surface area contributed by atoms with Crippen molar-refractivity contribution in [2.75, 3.05) is 36.0 Å². The van der Waals surface area contributed by atoms with E-state index in [9.17, 15) is 4.79 Å². The third-order valence-electron chi connectivity index (χ3n) is 7.23. The fraction of sp³-hybridized carbons (Fsp3) is 0.219. The predicted molar refractivity (Wildman–Crippen MR) is 155 cm³/mol. The number of aryl methyl sites for hydroxylation is 1. The highest BCUT2D eigenvalue weighted by Crippen LogP contribution is 2.25. The average Bonchev–Trinajstić information content (AvgIpc) is 3.01. The molecule has 0 spiro atoms. The van der Waals surface area contributed by atoms with E-state index in [-0.39, 0.29) is 5.78 Å². The zero-order valence-electron chi connectivity index (χ0n) is 21.8. The molecule has 5 aromatic rings. The average molecular weight is 515 g/mol. The molecule has 0 bridgehead atoms. The summed E-state index contributed by atoms with van der Waals surface area (Å²) in [6.45, 7) is 3.42. The van der Waals surface area contributed by atoms with Gasteiger partial charge in [0.1, 0.15) is 17.4 Å². The number of aromatic nitrogens is 4. The van der Waals surface area contributed by atoms with Crippen LogP contribution >= 0.6 is 0 Å². The van der Waals surface area contributed by atoms with Gasteiger partial charge in [-0.05, 0) is 40.8 Å². The first-order chi connectivity index (χ1) is 19.2. The second-order valence-corrected chi connectivity index (χ2v) is 9.87. The summed E-state index contributed by atoms with van der Waals surface area (Å²) in [6, 6.07) is 24.7. The minimum atomic E-state index is 0.262. The Bertz CT molecular complexity index is 1550. The number of piperazine rings is 1. The number of carbonyl (C=O) groups excluding carboxylic acids is 1. The molecule has 0 atom stereocenters. The van der Waals surface area contributed by atoms with Gasteiger partial charge in [-0.15, -0.1) is 0 Å². The molecule has 0 N–H and O–H groups in total. The molecule has 1 aliphatic rings. The van der Waals surface area contributed by atoms with E-state index in [0.717, 1.165) is 72.0 Å². The summed E-state index contributed by atoms with van der Waals surface area (Å²) < 4.78 is 0. The van der Waals surface area contributed by atoms with Gasteiger partial charge in [-0.1, -0.05) is 60.7 Å². The number of hydrogen-bond donors (Lipinski definition) is 0. The number of carbonyl (C=O) groups is 1. The molecule has 0 aliphatic carbocycles. The summed E-state index contributed by atoms with van der Waals surface area (Å²) in [7, 11) is 0. The Morgan fingerprint density at radius 1 is 0.692 bits per heavy atom. The quantitative estimate of drug-likeness (QED) is 0.283. The number of anilines is 2. The summed E-state index contributed by atoms with van der Waals surface area (Å²) in [5.41, 5.74) is 6.18. The van der Waals surface area contributed by atoms with Crippen molar-refractivity contribution in [2.24, 2.45) is 0 Å². The molecular weight excluding hydrogens is 484 g/mol. The van der Waals surface area contributed by atoms with Crippen molar-refractivity contribution in [2.45, 2.75) is 19.3 Å². The smallest absolute Gasteiger partial charge is 0.147 e. The van der Waals surface area contributed by atoms with Crippen molar-refractivity contribution in [3.8, 4) is 11.1 Å². The van der Waals surface area contributed by atoms with Crippen LogP contribution in [0.3, 0.4) is 0 Å². The highest BCUT2D eigenvalue weighted by Gasteiger charge is 2.20. The molecule has 0 saturated carbocycles. The molecule has 1 saturated heterocycles. The zero-order valence-corrected chi connectivity index (χ0v) is 21.8. The minimum absolute atomic E-state index is 0.262. The van der Waals surface area contributed by atoms with Crippen molar-refractivity contribution in [3.05, 3.63) is 109 Å². The van der Waals surface area contributed by atoms with Crippen LogP contribution in [0.1, 0.15) is 17.5 Å². The van der Waals surface area contributed by atoms with Gasteiger partial charge in [0.15, 0.2) is 0 Å². The van der Waals surface area contributed by atoms with Crippen LogP contribution in [-0.4, -0.2) is 51.9 Å². The number of benzene rings is 3. The molecule has 6 rings (SSSR count). The lowest BCUT2D eigenvalue weighted by atomic mass is 9.99. The lowest BCUT2D eigenvalue weighted by molar-refractivity contribution is -0.118. The molecule has 0 radical (unpaired) electrons. The monoisotopic (exact) mass is 514 g/mol. The van der Waals surface area contributed by atoms with E-state index in [0.29, 0.717) is 12.8 Å².